The second kappa shape index (κ2) is 19.0. The fraction of sp³-hybridized carbons (Fsp3) is 0.634. The number of piperazine rings is 2. The second-order valence-corrected chi connectivity index (χ2v) is 18.4. The number of aliphatic carboxylic acids is 1. The average Bonchev–Trinajstić information content (AvgIpc) is 3.49. The van der Waals surface area contributed by atoms with Crippen molar-refractivity contribution in [2.24, 2.45) is 0 Å². The maximum atomic E-state index is 13.4. The number of rotatable bonds is 5. The number of carbonyl (C=O) groups excluding carboxylic acids is 5. The van der Waals surface area contributed by atoms with Crippen LogP contribution in [0.25, 0.3) is 0 Å². The summed E-state index contributed by atoms with van der Waals surface area (Å²) in [5.41, 5.74) is -0.290. The summed E-state index contributed by atoms with van der Waals surface area (Å²) < 4.78 is 23.4. The Morgan fingerprint density at radius 2 is 1.12 bits per heavy atom. The number of anilines is 1. The first-order chi connectivity index (χ1) is 27.0. The zero-order valence-corrected chi connectivity index (χ0v) is 36.8. The summed E-state index contributed by atoms with van der Waals surface area (Å²) >= 11 is 0. The van der Waals surface area contributed by atoms with Crippen LogP contribution in [0.5, 0.6) is 0 Å². The maximum Gasteiger partial charge on any atom is 0.411 e. The molecule has 0 aliphatic carbocycles. The van der Waals surface area contributed by atoms with Crippen LogP contribution in [0.4, 0.5) is 24.9 Å². The molecule has 0 saturated carbocycles. The molecule has 5 amide bonds. The first kappa shape index (κ1) is 47.8. The van der Waals surface area contributed by atoms with Crippen molar-refractivity contribution in [3.05, 3.63) is 48.0 Å². The fourth-order valence-corrected chi connectivity index (χ4v) is 5.81. The van der Waals surface area contributed by atoms with Gasteiger partial charge in [0.15, 0.2) is 6.04 Å². The number of nitrogens with zero attached hydrogens (tertiary/aromatic N) is 6. The third-order valence-corrected chi connectivity index (χ3v) is 8.23. The van der Waals surface area contributed by atoms with Crippen LogP contribution in [0.2, 0.25) is 0 Å². The second-order valence-electron chi connectivity index (χ2n) is 18.4. The van der Waals surface area contributed by atoms with Crippen LogP contribution in [0.3, 0.4) is 0 Å². The van der Waals surface area contributed by atoms with Gasteiger partial charge in [-0.1, -0.05) is 12.1 Å². The minimum Gasteiger partial charge on any atom is -0.480 e. The predicted octanol–water partition coefficient (Wildman–Crippen LogP) is 5.96. The predicted molar refractivity (Wildman–Crippen MR) is 218 cm³/mol. The zero-order valence-electron chi connectivity index (χ0n) is 36.8. The summed E-state index contributed by atoms with van der Waals surface area (Å²) in [5, 5.41) is 12.3. The number of nitrogens with one attached hydrogen (secondary N) is 1. The van der Waals surface area contributed by atoms with E-state index in [0.717, 1.165) is 16.2 Å². The number of hydrogen-bond acceptors (Lipinski definition) is 11. The van der Waals surface area contributed by atoms with Crippen LogP contribution < -0.4 is 5.32 Å². The number of aryl methyl sites for hydroxylation is 1. The van der Waals surface area contributed by atoms with Crippen LogP contribution in [0.1, 0.15) is 94.3 Å². The van der Waals surface area contributed by atoms with E-state index in [2.05, 4.69) is 10.3 Å². The molecule has 2 aromatic rings. The molecular formula is C41H63N7O11. The lowest BCUT2D eigenvalue weighted by atomic mass is 10.1. The van der Waals surface area contributed by atoms with E-state index in [1.165, 1.54) is 14.7 Å². The van der Waals surface area contributed by atoms with Gasteiger partial charge in [0.2, 0.25) is 5.91 Å². The number of imidazole rings is 1. The molecule has 2 N–H and O–H groups in total. The zero-order chi connectivity index (χ0) is 44.7. The molecule has 2 aliphatic heterocycles. The molecule has 2 fully saturated rings. The molecule has 2 atom stereocenters. The van der Waals surface area contributed by atoms with Gasteiger partial charge in [0.1, 0.15) is 28.4 Å². The Hall–Kier alpha value is -5.55. The Morgan fingerprint density at radius 3 is 1.54 bits per heavy atom. The van der Waals surface area contributed by atoms with Gasteiger partial charge in [-0.3, -0.25) is 14.6 Å². The van der Waals surface area contributed by atoms with Crippen molar-refractivity contribution in [1.29, 1.82) is 0 Å². The van der Waals surface area contributed by atoms with Crippen molar-refractivity contribution < 1.29 is 52.8 Å². The molecule has 0 radical (unpaired) electrons. The number of hydrogen-bond donors (Lipinski definition) is 2. The minimum atomic E-state index is -1.19. The van der Waals surface area contributed by atoms with E-state index >= 15 is 0 Å². The highest BCUT2D eigenvalue weighted by Gasteiger charge is 2.41. The number of benzene rings is 1. The fourth-order valence-electron chi connectivity index (χ4n) is 5.81. The summed E-state index contributed by atoms with van der Waals surface area (Å²) in [6.07, 6.45) is 1.28. The molecular weight excluding hydrogens is 766 g/mol. The first-order valence-corrected chi connectivity index (χ1v) is 19.6. The number of carboxylic acids is 1. The summed E-state index contributed by atoms with van der Waals surface area (Å²) in [6.45, 7) is 24.0. The minimum absolute atomic E-state index is 0.00596. The van der Waals surface area contributed by atoms with Crippen molar-refractivity contribution in [1.82, 2.24) is 29.2 Å². The molecule has 328 valence electrons. The van der Waals surface area contributed by atoms with Gasteiger partial charge in [-0.25, -0.2) is 29.0 Å². The van der Waals surface area contributed by atoms with E-state index < -0.39 is 70.7 Å². The number of ether oxygens (including phenoxy) is 4. The summed E-state index contributed by atoms with van der Waals surface area (Å²) in [4.78, 5) is 84.2. The molecule has 2 aliphatic rings. The lowest BCUT2D eigenvalue weighted by molar-refractivity contribution is -0.145. The Labute approximate surface area is 347 Å². The van der Waals surface area contributed by atoms with E-state index in [1.807, 2.05) is 35.9 Å². The molecule has 59 heavy (non-hydrogen) atoms. The molecule has 18 heteroatoms. The van der Waals surface area contributed by atoms with Crippen molar-refractivity contribution in [3.8, 4) is 0 Å². The molecule has 2 saturated heterocycles. The molecule has 2 unspecified atom stereocenters. The topological polar surface area (TPSA) is 202 Å². The first-order valence-electron chi connectivity index (χ1n) is 19.6. The average molecular weight is 830 g/mol. The van der Waals surface area contributed by atoms with E-state index in [9.17, 15) is 33.9 Å². The van der Waals surface area contributed by atoms with E-state index in [-0.39, 0.29) is 39.3 Å². The normalized spacial score (nSPS) is 17.6. The summed E-state index contributed by atoms with van der Waals surface area (Å²) in [5.74, 6) is -1.60. The largest absolute Gasteiger partial charge is 0.480 e. The number of aromatic nitrogens is 2. The molecule has 0 spiro atoms. The maximum absolute atomic E-state index is 13.4. The van der Waals surface area contributed by atoms with E-state index in [1.54, 1.807) is 95.5 Å². The number of carbonyl (C=O) groups is 6. The molecule has 3 heterocycles. The highest BCUT2D eigenvalue weighted by molar-refractivity contribution is 5.97. The monoisotopic (exact) mass is 829 g/mol. The van der Waals surface area contributed by atoms with Gasteiger partial charge < -0.3 is 43.7 Å². The van der Waals surface area contributed by atoms with Gasteiger partial charge in [0, 0.05) is 44.6 Å². The lowest BCUT2D eigenvalue weighted by Crippen LogP contribution is -2.61. The SMILES string of the molecule is CC(C)(C)OC(=O)N1CCN(C(=O)OC(C)(C)C)C(C(=O)O)C1.Cc1cn(Cc2cccc(NC(=O)C3CN(C(=O)OC(C)(C)C)CCN3C(=O)OC(C)(C)C)c2)cn1. The van der Waals surface area contributed by atoms with Crippen LogP contribution in [0.15, 0.2) is 36.8 Å². The summed E-state index contributed by atoms with van der Waals surface area (Å²) in [6, 6.07) is 5.37. The van der Waals surface area contributed by atoms with Gasteiger partial charge in [-0.05, 0) is 108 Å². The van der Waals surface area contributed by atoms with Gasteiger partial charge in [-0.15, -0.1) is 0 Å². The van der Waals surface area contributed by atoms with Crippen molar-refractivity contribution >= 4 is 41.9 Å². The standard InChI is InChI=1S/C26H37N5O5.C15H26N2O6/c1-18-14-29(17-27-18)15-19-9-8-10-20(13-19)28-22(32)21-16-30(23(33)35-25(2,3)4)11-12-31(21)24(34)36-26(5,6)7;1-14(2,3)22-12(20)16-7-8-17(10(9-16)11(18)19)13(21)23-15(4,5)6/h8-10,13-14,17,21H,11-12,15-16H2,1-7H3,(H,28,32);10H,7-9H2,1-6H3,(H,18,19). The number of amides is 5. The Morgan fingerprint density at radius 1 is 0.678 bits per heavy atom. The van der Waals surface area contributed by atoms with Crippen LogP contribution in [0, 0.1) is 6.92 Å². The Balaban J connectivity index is 0.000000349. The molecule has 18 nitrogen and oxygen atoms in total. The van der Waals surface area contributed by atoms with Crippen LogP contribution in [-0.4, -0.2) is 144 Å². The highest BCUT2D eigenvalue weighted by Crippen LogP contribution is 2.22. The molecule has 1 aromatic carbocycles. The Bertz CT molecular complexity index is 1820. The van der Waals surface area contributed by atoms with Gasteiger partial charge in [0.25, 0.3) is 0 Å². The Kier molecular flexibility index (Phi) is 15.4. The van der Waals surface area contributed by atoms with E-state index in [0.29, 0.717) is 12.2 Å². The molecule has 0 bridgehead atoms. The number of carboxylic acid groups (broad SMARTS) is 1. The smallest absolute Gasteiger partial charge is 0.411 e. The third-order valence-electron chi connectivity index (χ3n) is 8.23. The molecule has 1 aromatic heterocycles. The van der Waals surface area contributed by atoms with Crippen molar-refractivity contribution in [2.45, 2.75) is 131 Å². The van der Waals surface area contributed by atoms with Gasteiger partial charge in [0.05, 0.1) is 25.1 Å². The highest BCUT2D eigenvalue weighted by atomic mass is 16.6. The quantitative estimate of drug-likeness (QED) is 0.335. The third kappa shape index (κ3) is 16.0. The summed E-state index contributed by atoms with van der Waals surface area (Å²) in [7, 11) is 0. The van der Waals surface area contributed by atoms with E-state index in [4.69, 9.17) is 18.9 Å². The van der Waals surface area contributed by atoms with Crippen molar-refractivity contribution in [2.75, 3.05) is 44.6 Å². The van der Waals surface area contributed by atoms with Gasteiger partial charge in [-0.2, -0.15) is 0 Å². The van der Waals surface area contributed by atoms with Crippen molar-refractivity contribution in [3.63, 3.8) is 0 Å². The van der Waals surface area contributed by atoms with Crippen LogP contribution >= 0.6 is 0 Å². The molecule has 4 rings (SSSR count). The lowest BCUT2D eigenvalue weighted by Gasteiger charge is -2.41. The van der Waals surface area contributed by atoms with Crippen LogP contribution in [-0.2, 0) is 35.1 Å². The van der Waals surface area contributed by atoms with Gasteiger partial charge >= 0.3 is 30.3 Å².